The number of imidazole rings is 1. The molecule has 1 aliphatic rings. The second kappa shape index (κ2) is 4.04. The molecule has 0 amide bonds. The maximum absolute atomic E-state index is 11.4. The first-order chi connectivity index (χ1) is 8.31. The molecule has 0 bridgehead atoms. The fourth-order valence-electron chi connectivity index (χ4n) is 1.69. The van der Waals surface area contributed by atoms with Crippen LogP contribution in [0.25, 0.3) is 0 Å². The van der Waals surface area contributed by atoms with Gasteiger partial charge >= 0.3 is 0 Å². The van der Waals surface area contributed by atoms with E-state index in [4.69, 9.17) is 0 Å². The molecule has 0 unspecified atom stereocenters. The van der Waals surface area contributed by atoms with Crippen molar-refractivity contribution in [3.05, 3.63) is 40.5 Å². The zero-order valence-corrected chi connectivity index (χ0v) is 9.23. The van der Waals surface area contributed by atoms with E-state index in [1.165, 1.54) is 6.07 Å². The summed E-state index contributed by atoms with van der Waals surface area (Å²) in [6.07, 6.45) is 5.69. The third kappa shape index (κ3) is 2.35. The molecule has 17 heavy (non-hydrogen) atoms. The highest BCUT2D eigenvalue weighted by atomic mass is 16.1. The first-order valence-electron chi connectivity index (χ1n) is 5.64. The highest BCUT2D eigenvalue weighted by molar-refractivity contribution is 5.34. The summed E-state index contributed by atoms with van der Waals surface area (Å²) in [5.41, 5.74) is -0.108. The molecule has 2 aromatic heterocycles. The highest BCUT2D eigenvalue weighted by Gasteiger charge is 2.26. The summed E-state index contributed by atoms with van der Waals surface area (Å²) < 4.78 is 0. The molecule has 1 aliphatic carbocycles. The summed E-state index contributed by atoms with van der Waals surface area (Å²) in [4.78, 5) is 25.7. The summed E-state index contributed by atoms with van der Waals surface area (Å²) >= 11 is 0. The Hall–Kier alpha value is -2.11. The van der Waals surface area contributed by atoms with Crippen LogP contribution in [0.1, 0.15) is 30.4 Å². The molecule has 6 heteroatoms. The predicted molar refractivity (Wildman–Crippen MR) is 62.7 cm³/mol. The Labute approximate surface area is 97.5 Å². The molecule has 1 saturated carbocycles. The number of aromatic nitrogens is 4. The Morgan fingerprint density at radius 2 is 2.35 bits per heavy atom. The van der Waals surface area contributed by atoms with E-state index in [1.807, 2.05) is 0 Å². The van der Waals surface area contributed by atoms with Gasteiger partial charge in [-0.1, -0.05) is 0 Å². The molecular weight excluding hydrogens is 218 g/mol. The van der Waals surface area contributed by atoms with Crippen LogP contribution in [0.3, 0.4) is 0 Å². The van der Waals surface area contributed by atoms with Gasteiger partial charge in [0.05, 0.1) is 6.54 Å². The van der Waals surface area contributed by atoms with Crippen LogP contribution in [0.4, 0.5) is 5.82 Å². The van der Waals surface area contributed by atoms with E-state index >= 15 is 0 Å². The minimum absolute atomic E-state index is 0.108. The average Bonchev–Trinajstić information content (AvgIpc) is 3.04. The number of H-pyrrole nitrogens is 2. The summed E-state index contributed by atoms with van der Waals surface area (Å²) in [5, 5.41) is 3.09. The van der Waals surface area contributed by atoms with Crippen molar-refractivity contribution in [1.29, 1.82) is 0 Å². The van der Waals surface area contributed by atoms with Crippen LogP contribution in [-0.4, -0.2) is 19.9 Å². The quantitative estimate of drug-likeness (QED) is 0.732. The molecule has 1 fully saturated rings. The monoisotopic (exact) mass is 231 g/mol. The molecule has 2 heterocycles. The van der Waals surface area contributed by atoms with Crippen molar-refractivity contribution < 1.29 is 0 Å². The summed E-state index contributed by atoms with van der Waals surface area (Å²) in [5.74, 6) is 2.65. The standard InChI is InChI=1S/C11H13N5O/c17-10-5-8(14-6-9-12-3-4-13-9)15-11(16-10)7-1-2-7/h3-5,7H,1-2,6H2,(H,12,13)(H2,14,15,16,17). The van der Waals surface area contributed by atoms with Gasteiger partial charge in [-0.15, -0.1) is 0 Å². The number of hydrogen-bond donors (Lipinski definition) is 3. The minimum atomic E-state index is -0.108. The third-order valence-corrected chi connectivity index (χ3v) is 2.72. The first kappa shape index (κ1) is 10.1. The number of nitrogens with zero attached hydrogens (tertiary/aromatic N) is 2. The van der Waals surface area contributed by atoms with Crippen LogP contribution in [-0.2, 0) is 6.54 Å². The largest absolute Gasteiger partial charge is 0.363 e. The van der Waals surface area contributed by atoms with Crippen molar-refractivity contribution in [3.8, 4) is 0 Å². The van der Waals surface area contributed by atoms with E-state index in [1.54, 1.807) is 12.4 Å². The normalized spacial score (nSPS) is 14.8. The van der Waals surface area contributed by atoms with Crippen molar-refractivity contribution in [3.63, 3.8) is 0 Å². The van der Waals surface area contributed by atoms with Crippen LogP contribution in [0.5, 0.6) is 0 Å². The second-order valence-corrected chi connectivity index (χ2v) is 4.18. The number of aromatic amines is 2. The SMILES string of the molecule is O=c1cc(NCc2ncc[nH]2)nc(C2CC2)[nH]1. The molecule has 0 aromatic carbocycles. The highest BCUT2D eigenvalue weighted by Crippen LogP contribution is 2.37. The van der Waals surface area contributed by atoms with Gasteiger partial charge in [0.25, 0.3) is 5.56 Å². The van der Waals surface area contributed by atoms with Crippen molar-refractivity contribution >= 4 is 5.82 Å². The lowest BCUT2D eigenvalue weighted by Gasteiger charge is -2.05. The van der Waals surface area contributed by atoms with Crippen molar-refractivity contribution in [2.45, 2.75) is 25.3 Å². The number of nitrogens with one attached hydrogen (secondary N) is 3. The van der Waals surface area contributed by atoms with Gasteiger partial charge in [0, 0.05) is 24.4 Å². The number of anilines is 1. The predicted octanol–water partition coefficient (Wildman–Crippen LogP) is 0.982. The maximum atomic E-state index is 11.4. The van der Waals surface area contributed by atoms with Gasteiger partial charge in [-0.3, -0.25) is 4.79 Å². The van der Waals surface area contributed by atoms with Gasteiger partial charge in [-0.05, 0) is 12.8 Å². The number of rotatable bonds is 4. The van der Waals surface area contributed by atoms with Crippen LogP contribution < -0.4 is 10.9 Å². The Balaban J connectivity index is 1.75. The Morgan fingerprint density at radius 1 is 1.47 bits per heavy atom. The number of hydrogen-bond acceptors (Lipinski definition) is 4. The lowest BCUT2D eigenvalue weighted by molar-refractivity contribution is 0.896. The van der Waals surface area contributed by atoms with Gasteiger partial charge in [0.1, 0.15) is 17.5 Å². The van der Waals surface area contributed by atoms with E-state index < -0.39 is 0 Å². The lowest BCUT2D eigenvalue weighted by Crippen LogP contribution is -2.13. The second-order valence-electron chi connectivity index (χ2n) is 4.18. The van der Waals surface area contributed by atoms with Crippen LogP contribution in [0.15, 0.2) is 23.3 Å². The minimum Gasteiger partial charge on any atom is -0.363 e. The molecule has 2 aromatic rings. The van der Waals surface area contributed by atoms with Crippen molar-refractivity contribution in [1.82, 2.24) is 19.9 Å². The van der Waals surface area contributed by atoms with E-state index in [0.29, 0.717) is 18.3 Å². The molecule has 0 saturated heterocycles. The fraction of sp³-hybridized carbons (Fsp3) is 0.364. The zero-order valence-electron chi connectivity index (χ0n) is 9.23. The molecule has 0 atom stereocenters. The van der Waals surface area contributed by atoms with Crippen molar-refractivity contribution in [2.24, 2.45) is 0 Å². The smallest absolute Gasteiger partial charge is 0.252 e. The lowest BCUT2D eigenvalue weighted by atomic mass is 10.4. The van der Waals surface area contributed by atoms with Crippen LogP contribution in [0.2, 0.25) is 0 Å². The van der Waals surface area contributed by atoms with E-state index in [0.717, 1.165) is 24.5 Å². The average molecular weight is 231 g/mol. The molecule has 3 rings (SSSR count). The molecule has 0 aliphatic heterocycles. The van der Waals surface area contributed by atoms with Crippen LogP contribution in [0, 0.1) is 0 Å². The van der Waals surface area contributed by atoms with Gasteiger partial charge in [0.15, 0.2) is 0 Å². The van der Waals surface area contributed by atoms with E-state index in [2.05, 4.69) is 25.3 Å². The zero-order chi connectivity index (χ0) is 11.7. The Bertz CT molecular complexity index is 555. The summed E-state index contributed by atoms with van der Waals surface area (Å²) in [6, 6.07) is 1.47. The summed E-state index contributed by atoms with van der Waals surface area (Å²) in [6.45, 7) is 0.535. The van der Waals surface area contributed by atoms with Gasteiger partial charge in [-0.2, -0.15) is 0 Å². The van der Waals surface area contributed by atoms with Crippen LogP contribution >= 0.6 is 0 Å². The summed E-state index contributed by atoms with van der Waals surface area (Å²) in [7, 11) is 0. The molecule has 0 spiro atoms. The molecule has 88 valence electrons. The van der Waals surface area contributed by atoms with Gasteiger partial charge in [-0.25, -0.2) is 9.97 Å². The Kier molecular flexibility index (Phi) is 2.40. The molecule has 0 radical (unpaired) electrons. The topological polar surface area (TPSA) is 86.5 Å². The van der Waals surface area contributed by atoms with Gasteiger partial charge in [0.2, 0.25) is 0 Å². The molecule has 6 nitrogen and oxygen atoms in total. The first-order valence-corrected chi connectivity index (χ1v) is 5.64. The van der Waals surface area contributed by atoms with Gasteiger partial charge < -0.3 is 15.3 Å². The third-order valence-electron chi connectivity index (χ3n) is 2.72. The molecule has 3 N–H and O–H groups in total. The van der Waals surface area contributed by atoms with Crippen molar-refractivity contribution in [2.75, 3.05) is 5.32 Å². The van der Waals surface area contributed by atoms with E-state index in [-0.39, 0.29) is 5.56 Å². The Morgan fingerprint density at radius 3 is 3.06 bits per heavy atom. The van der Waals surface area contributed by atoms with E-state index in [9.17, 15) is 4.79 Å². The maximum Gasteiger partial charge on any atom is 0.252 e. The fourth-order valence-corrected chi connectivity index (χ4v) is 1.69. The molecular formula is C11H13N5O.